The first-order valence-corrected chi connectivity index (χ1v) is 8.08. The number of carbonyl (C=O) groups excluding carboxylic acids is 1. The fourth-order valence-corrected chi connectivity index (χ4v) is 2.99. The number of benzene rings is 1. The van der Waals surface area contributed by atoms with Crippen molar-refractivity contribution in [2.45, 2.75) is 6.18 Å². The molecule has 1 amide bonds. The number of carbonyl (C=O) groups is 1. The Labute approximate surface area is 148 Å². The molecule has 1 aliphatic rings. The zero-order valence-electron chi connectivity index (χ0n) is 14.5. The first kappa shape index (κ1) is 18.1. The Morgan fingerprint density at radius 2 is 1.73 bits per heavy atom. The summed E-state index contributed by atoms with van der Waals surface area (Å²) in [7, 11) is 2.96. The highest BCUT2D eigenvalue weighted by molar-refractivity contribution is 5.95. The van der Waals surface area contributed by atoms with E-state index in [9.17, 15) is 18.0 Å². The van der Waals surface area contributed by atoms with Crippen molar-refractivity contribution in [2.75, 3.05) is 38.2 Å². The van der Waals surface area contributed by atoms with Gasteiger partial charge in [0.25, 0.3) is 5.91 Å². The molecular weight excluding hydrogens is 349 g/mol. The van der Waals surface area contributed by atoms with Gasteiger partial charge in [-0.05, 0) is 24.3 Å². The molecule has 0 radical (unpaired) electrons. The van der Waals surface area contributed by atoms with E-state index in [2.05, 4.69) is 10.00 Å². The largest absolute Gasteiger partial charge is 0.497 e. The molecule has 1 aliphatic heterocycles. The Morgan fingerprint density at radius 3 is 2.27 bits per heavy atom. The Morgan fingerprint density at radius 1 is 1.12 bits per heavy atom. The van der Waals surface area contributed by atoms with Crippen molar-refractivity contribution in [1.29, 1.82) is 0 Å². The predicted molar refractivity (Wildman–Crippen MR) is 89.3 cm³/mol. The molecule has 140 valence electrons. The average molecular weight is 368 g/mol. The third kappa shape index (κ3) is 3.61. The molecule has 0 atom stereocenters. The van der Waals surface area contributed by atoms with E-state index in [1.54, 1.807) is 7.11 Å². The normalized spacial score (nSPS) is 15.3. The molecule has 2 heterocycles. The number of halogens is 3. The third-order valence-corrected chi connectivity index (χ3v) is 4.33. The van der Waals surface area contributed by atoms with Crippen LogP contribution in [0.4, 0.5) is 18.9 Å². The maximum atomic E-state index is 13.1. The minimum absolute atomic E-state index is 0.344. The number of hydrogen-bond acceptors (Lipinski definition) is 4. The minimum Gasteiger partial charge on any atom is -0.497 e. The Kier molecular flexibility index (Phi) is 4.80. The highest BCUT2D eigenvalue weighted by Gasteiger charge is 2.40. The van der Waals surface area contributed by atoms with E-state index in [0.717, 1.165) is 22.3 Å². The molecule has 1 saturated heterocycles. The molecule has 0 N–H and O–H groups in total. The number of anilines is 1. The van der Waals surface area contributed by atoms with Gasteiger partial charge >= 0.3 is 6.18 Å². The smallest absolute Gasteiger partial charge is 0.435 e. The van der Waals surface area contributed by atoms with Gasteiger partial charge in [0.1, 0.15) is 5.75 Å². The van der Waals surface area contributed by atoms with Gasteiger partial charge in [0, 0.05) is 45.1 Å². The standard InChI is InChI=1S/C17H19F3N4O2/c1-22-11-14(15(21-22)17(18,19)20)16(25)24-9-7-23(8-10-24)12-3-5-13(26-2)6-4-12/h3-6,11H,7-10H2,1-2H3. The molecule has 2 aromatic rings. The van der Waals surface area contributed by atoms with E-state index in [1.165, 1.54) is 11.9 Å². The maximum Gasteiger partial charge on any atom is 0.435 e. The summed E-state index contributed by atoms with van der Waals surface area (Å²) in [4.78, 5) is 16.1. The summed E-state index contributed by atoms with van der Waals surface area (Å²) in [5.74, 6) is 0.110. The van der Waals surface area contributed by atoms with Crippen LogP contribution in [0.3, 0.4) is 0 Å². The van der Waals surface area contributed by atoms with Gasteiger partial charge in [-0.15, -0.1) is 0 Å². The fourth-order valence-electron chi connectivity index (χ4n) is 2.99. The summed E-state index contributed by atoms with van der Waals surface area (Å²) in [6.07, 6.45) is -3.53. The zero-order valence-corrected chi connectivity index (χ0v) is 14.5. The Hall–Kier alpha value is -2.71. The van der Waals surface area contributed by atoms with Crippen molar-refractivity contribution >= 4 is 11.6 Å². The van der Waals surface area contributed by atoms with Crippen molar-refractivity contribution in [3.63, 3.8) is 0 Å². The van der Waals surface area contributed by atoms with E-state index >= 15 is 0 Å². The summed E-state index contributed by atoms with van der Waals surface area (Å²) in [5, 5.41) is 3.40. The van der Waals surface area contributed by atoms with Crippen molar-refractivity contribution < 1.29 is 22.7 Å². The number of hydrogen-bond donors (Lipinski definition) is 0. The minimum atomic E-state index is -4.66. The van der Waals surface area contributed by atoms with Crippen LogP contribution in [-0.4, -0.2) is 53.9 Å². The van der Waals surface area contributed by atoms with Gasteiger partial charge < -0.3 is 14.5 Å². The number of rotatable bonds is 3. The quantitative estimate of drug-likeness (QED) is 0.835. The number of aromatic nitrogens is 2. The average Bonchev–Trinajstić information content (AvgIpc) is 3.03. The fraction of sp³-hybridized carbons (Fsp3) is 0.412. The molecule has 0 unspecified atom stereocenters. The van der Waals surface area contributed by atoms with Crippen LogP contribution in [0, 0.1) is 0 Å². The highest BCUT2D eigenvalue weighted by atomic mass is 19.4. The second-order valence-corrected chi connectivity index (χ2v) is 6.04. The van der Waals surface area contributed by atoms with Gasteiger partial charge in [-0.1, -0.05) is 0 Å². The molecule has 26 heavy (non-hydrogen) atoms. The second-order valence-electron chi connectivity index (χ2n) is 6.04. The van der Waals surface area contributed by atoms with Gasteiger partial charge in [0.2, 0.25) is 0 Å². The molecule has 6 nitrogen and oxygen atoms in total. The summed E-state index contributed by atoms with van der Waals surface area (Å²) in [5.41, 5.74) is -0.560. The van der Waals surface area contributed by atoms with Crippen LogP contribution in [0.25, 0.3) is 0 Å². The van der Waals surface area contributed by atoms with Crippen molar-refractivity contribution in [3.05, 3.63) is 41.7 Å². The first-order valence-electron chi connectivity index (χ1n) is 8.08. The Bertz CT molecular complexity index is 778. The first-order chi connectivity index (χ1) is 12.3. The van der Waals surface area contributed by atoms with Crippen LogP contribution in [0.5, 0.6) is 5.75 Å². The molecular formula is C17H19F3N4O2. The van der Waals surface area contributed by atoms with Gasteiger partial charge in [0.15, 0.2) is 5.69 Å². The lowest BCUT2D eigenvalue weighted by Gasteiger charge is -2.36. The number of piperazine rings is 1. The topological polar surface area (TPSA) is 50.6 Å². The van der Waals surface area contributed by atoms with Gasteiger partial charge in [-0.2, -0.15) is 18.3 Å². The summed E-state index contributed by atoms with van der Waals surface area (Å²) in [6.45, 7) is 1.77. The van der Waals surface area contributed by atoms with Crippen molar-refractivity contribution in [2.24, 2.45) is 7.05 Å². The van der Waals surface area contributed by atoms with Crippen LogP contribution in [0.2, 0.25) is 0 Å². The number of ether oxygens (including phenoxy) is 1. The van der Waals surface area contributed by atoms with Crippen LogP contribution in [-0.2, 0) is 13.2 Å². The molecule has 9 heteroatoms. The van der Waals surface area contributed by atoms with E-state index in [-0.39, 0.29) is 0 Å². The van der Waals surface area contributed by atoms with E-state index in [4.69, 9.17) is 4.74 Å². The lowest BCUT2D eigenvalue weighted by molar-refractivity contribution is -0.141. The molecule has 1 fully saturated rings. The summed E-state index contributed by atoms with van der Waals surface area (Å²) in [6, 6.07) is 7.52. The van der Waals surface area contributed by atoms with Crippen molar-refractivity contribution in [1.82, 2.24) is 14.7 Å². The lowest BCUT2D eigenvalue weighted by Crippen LogP contribution is -2.49. The summed E-state index contributed by atoms with van der Waals surface area (Å²) < 4.78 is 45.3. The van der Waals surface area contributed by atoms with Gasteiger partial charge in [-0.25, -0.2) is 0 Å². The van der Waals surface area contributed by atoms with Crippen LogP contribution < -0.4 is 9.64 Å². The molecule has 1 aromatic heterocycles. The number of methoxy groups -OCH3 is 1. The zero-order chi connectivity index (χ0) is 18.9. The molecule has 0 spiro atoms. The van der Waals surface area contributed by atoms with E-state index < -0.39 is 23.3 Å². The van der Waals surface area contributed by atoms with Crippen LogP contribution in [0.1, 0.15) is 16.1 Å². The van der Waals surface area contributed by atoms with Crippen molar-refractivity contribution in [3.8, 4) is 5.75 Å². The van der Waals surface area contributed by atoms with E-state index in [0.29, 0.717) is 26.2 Å². The Balaban J connectivity index is 1.69. The molecule has 3 rings (SSSR count). The maximum absolute atomic E-state index is 13.1. The molecule has 0 bridgehead atoms. The number of aryl methyl sites for hydroxylation is 1. The SMILES string of the molecule is COc1ccc(N2CCN(C(=O)c3cn(C)nc3C(F)(F)F)CC2)cc1. The monoisotopic (exact) mass is 368 g/mol. The predicted octanol–water partition coefficient (Wildman–Crippen LogP) is 2.41. The molecule has 0 saturated carbocycles. The van der Waals surface area contributed by atoms with Gasteiger partial charge in [-0.3, -0.25) is 9.48 Å². The number of nitrogens with zero attached hydrogens (tertiary/aromatic N) is 4. The van der Waals surface area contributed by atoms with Crippen LogP contribution >= 0.6 is 0 Å². The molecule has 1 aromatic carbocycles. The summed E-state index contributed by atoms with van der Waals surface area (Å²) >= 11 is 0. The third-order valence-electron chi connectivity index (χ3n) is 4.33. The number of amides is 1. The van der Waals surface area contributed by atoms with Crippen LogP contribution in [0.15, 0.2) is 30.5 Å². The molecule has 0 aliphatic carbocycles. The van der Waals surface area contributed by atoms with E-state index in [1.807, 2.05) is 24.3 Å². The highest BCUT2D eigenvalue weighted by Crippen LogP contribution is 2.31. The van der Waals surface area contributed by atoms with Gasteiger partial charge in [0.05, 0.1) is 12.7 Å². The number of alkyl halides is 3. The second kappa shape index (κ2) is 6.89. The lowest BCUT2D eigenvalue weighted by atomic mass is 10.2.